The van der Waals surface area contributed by atoms with E-state index in [-0.39, 0.29) is 0 Å². The highest BCUT2D eigenvalue weighted by atomic mass is 79.9. The second kappa shape index (κ2) is 6.22. The molecule has 0 N–H and O–H groups in total. The molecule has 0 aromatic heterocycles. The van der Waals surface area contributed by atoms with Gasteiger partial charge in [0.2, 0.25) is 0 Å². The molecule has 19 heavy (non-hydrogen) atoms. The Labute approximate surface area is 126 Å². The van der Waals surface area contributed by atoms with Crippen LogP contribution in [0.25, 0.3) is 0 Å². The summed E-state index contributed by atoms with van der Waals surface area (Å²) in [6.07, 6.45) is 0.796. The third kappa shape index (κ3) is 3.58. The Bertz CT molecular complexity index is 583. The van der Waals surface area contributed by atoms with E-state index in [0.29, 0.717) is 10.6 Å². The van der Waals surface area contributed by atoms with Crippen LogP contribution in [0.5, 0.6) is 0 Å². The van der Waals surface area contributed by atoms with Crippen LogP contribution in [0, 0.1) is 0 Å². The van der Waals surface area contributed by atoms with E-state index < -0.39 is 0 Å². The largest absolute Gasteiger partial charge is 0.369 e. The van der Waals surface area contributed by atoms with Crippen molar-refractivity contribution in [1.82, 2.24) is 0 Å². The van der Waals surface area contributed by atoms with Gasteiger partial charge in [0.05, 0.1) is 10.7 Å². The van der Waals surface area contributed by atoms with E-state index >= 15 is 0 Å². The lowest BCUT2D eigenvalue weighted by molar-refractivity contribution is 0.112. The minimum absolute atomic E-state index is 0.587. The van der Waals surface area contributed by atoms with Gasteiger partial charge in [0.25, 0.3) is 0 Å². The summed E-state index contributed by atoms with van der Waals surface area (Å²) in [5.74, 6) is 0. The zero-order chi connectivity index (χ0) is 13.8. The summed E-state index contributed by atoms with van der Waals surface area (Å²) in [6.45, 7) is 0.757. The van der Waals surface area contributed by atoms with E-state index in [0.717, 1.165) is 23.0 Å². The molecule has 0 saturated carbocycles. The first kappa shape index (κ1) is 14.1. The molecule has 2 rings (SSSR count). The third-order valence-electron chi connectivity index (χ3n) is 2.85. The maximum Gasteiger partial charge on any atom is 0.150 e. The number of benzene rings is 2. The van der Waals surface area contributed by atoms with Crippen LogP contribution in [0.2, 0.25) is 5.02 Å². The summed E-state index contributed by atoms with van der Waals surface area (Å²) in [7, 11) is 1.98. The number of hydrogen-bond donors (Lipinski definition) is 0. The van der Waals surface area contributed by atoms with Gasteiger partial charge in [-0.25, -0.2) is 0 Å². The number of hydrogen-bond acceptors (Lipinski definition) is 2. The van der Waals surface area contributed by atoms with Crippen LogP contribution in [0.15, 0.2) is 46.9 Å². The molecule has 0 saturated heterocycles. The SMILES string of the molecule is CN(Cc1ccc(Br)cc1)c1ccc(C=O)cc1Cl. The van der Waals surface area contributed by atoms with Crippen LogP contribution in [0.4, 0.5) is 5.69 Å². The predicted molar refractivity (Wildman–Crippen MR) is 83.1 cm³/mol. The fraction of sp³-hybridized carbons (Fsp3) is 0.133. The Morgan fingerprint density at radius 1 is 1.21 bits per heavy atom. The molecule has 98 valence electrons. The summed E-state index contributed by atoms with van der Waals surface area (Å²) >= 11 is 9.60. The molecule has 2 aromatic rings. The molecule has 0 amide bonds. The quantitative estimate of drug-likeness (QED) is 0.762. The highest BCUT2D eigenvalue weighted by Gasteiger charge is 2.07. The van der Waals surface area contributed by atoms with Crippen molar-refractivity contribution in [1.29, 1.82) is 0 Å². The number of halogens is 2. The number of nitrogens with zero attached hydrogens (tertiary/aromatic N) is 1. The molecule has 0 aliphatic heterocycles. The van der Waals surface area contributed by atoms with E-state index in [9.17, 15) is 4.79 Å². The van der Waals surface area contributed by atoms with E-state index in [4.69, 9.17) is 11.6 Å². The lowest BCUT2D eigenvalue weighted by Gasteiger charge is -2.21. The molecule has 0 aliphatic carbocycles. The van der Waals surface area contributed by atoms with Gasteiger partial charge in [-0.3, -0.25) is 4.79 Å². The maximum atomic E-state index is 10.7. The highest BCUT2D eigenvalue weighted by molar-refractivity contribution is 9.10. The monoisotopic (exact) mass is 337 g/mol. The fourth-order valence-electron chi connectivity index (χ4n) is 1.85. The van der Waals surface area contributed by atoms with Gasteiger partial charge < -0.3 is 4.90 Å². The first-order chi connectivity index (χ1) is 9.10. The molecular formula is C15H13BrClNO. The summed E-state index contributed by atoms with van der Waals surface area (Å²) in [6, 6.07) is 13.5. The zero-order valence-corrected chi connectivity index (χ0v) is 12.8. The average molecular weight is 339 g/mol. The van der Waals surface area contributed by atoms with Crippen LogP contribution in [0.1, 0.15) is 15.9 Å². The van der Waals surface area contributed by atoms with Gasteiger partial charge in [-0.2, -0.15) is 0 Å². The van der Waals surface area contributed by atoms with Gasteiger partial charge in [-0.15, -0.1) is 0 Å². The van der Waals surface area contributed by atoms with Crippen molar-refractivity contribution in [3.05, 3.63) is 63.1 Å². The van der Waals surface area contributed by atoms with Gasteiger partial charge in [0.1, 0.15) is 6.29 Å². The summed E-state index contributed by atoms with van der Waals surface area (Å²) < 4.78 is 1.06. The van der Waals surface area contributed by atoms with Gasteiger partial charge in [-0.05, 0) is 35.9 Å². The molecule has 4 heteroatoms. The Morgan fingerprint density at radius 2 is 1.89 bits per heavy atom. The van der Waals surface area contributed by atoms with Crippen molar-refractivity contribution in [2.75, 3.05) is 11.9 Å². The smallest absolute Gasteiger partial charge is 0.150 e. The number of carbonyl (C=O) groups is 1. The van der Waals surface area contributed by atoms with E-state index in [1.165, 1.54) is 5.56 Å². The van der Waals surface area contributed by atoms with E-state index in [1.54, 1.807) is 12.1 Å². The van der Waals surface area contributed by atoms with Crippen molar-refractivity contribution >= 4 is 39.5 Å². The van der Waals surface area contributed by atoms with Gasteiger partial charge in [0.15, 0.2) is 0 Å². The Morgan fingerprint density at radius 3 is 2.47 bits per heavy atom. The normalized spacial score (nSPS) is 10.3. The Balaban J connectivity index is 2.17. The second-order valence-corrected chi connectivity index (χ2v) is 5.63. The molecule has 0 unspecified atom stereocenters. The molecule has 0 bridgehead atoms. The molecule has 0 atom stereocenters. The van der Waals surface area contributed by atoms with Gasteiger partial charge in [-0.1, -0.05) is 39.7 Å². The third-order valence-corrected chi connectivity index (χ3v) is 3.68. The highest BCUT2D eigenvalue weighted by Crippen LogP contribution is 2.27. The summed E-state index contributed by atoms with van der Waals surface area (Å²) in [5.41, 5.74) is 2.70. The average Bonchev–Trinajstić information content (AvgIpc) is 2.41. The van der Waals surface area contributed by atoms with E-state index in [2.05, 4.69) is 33.0 Å². The molecule has 2 nitrogen and oxygen atoms in total. The first-order valence-electron chi connectivity index (χ1n) is 5.80. The molecular weight excluding hydrogens is 326 g/mol. The van der Waals surface area contributed by atoms with Gasteiger partial charge >= 0.3 is 0 Å². The molecule has 0 heterocycles. The van der Waals surface area contributed by atoms with Crippen LogP contribution < -0.4 is 4.90 Å². The zero-order valence-electron chi connectivity index (χ0n) is 10.4. The van der Waals surface area contributed by atoms with Crippen LogP contribution in [-0.2, 0) is 6.54 Å². The lowest BCUT2D eigenvalue weighted by Crippen LogP contribution is -2.16. The minimum Gasteiger partial charge on any atom is -0.369 e. The Hall–Kier alpha value is -1.32. The van der Waals surface area contributed by atoms with Crippen molar-refractivity contribution in [3.63, 3.8) is 0 Å². The van der Waals surface area contributed by atoms with Crippen LogP contribution >= 0.6 is 27.5 Å². The van der Waals surface area contributed by atoms with Crippen molar-refractivity contribution < 1.29 is 4.79 Å². The lowest BCUT2D eigenvalue weighted by atomic mass is 10.2. The van der Waals surface area contributed by atoms with Crippen LogP contribution in [0.3, 0.4) is 0 Å². The maximum absolute atomic E-state index is 10.7. The predicted octanol–water partition coefficient (Wildman–Crippen LogP) is 4.55. The first-order valence-corrected chi connectivity index (χ1v) is 6.97. The molecule has 0 spiro atoms. The standard InChI is InChI=1S/C15H13BrClNO/c1-18(9-11-2-5-13(16)6-3-11)15-7-4-12(10-19)8-14(15)17/h2-8,10H,9H2,1H3. The number of aldehydes is 1. The molecule has 0 fully saturated rings. The summed E-state index contributed by atoms with van der Waals surface area (Å²) in [5, 5.41) is 0.587. The van der Waals surface area contributed by atoms with Crippen LogP contribution in [-0.4, -0.2) is 13.3 Å². The number of carbonyl (C=O) groups excluding carboxylic acids is 1. The van der Waals surface area contributed by atoms with Crippen molar-refractivity contribution in [2.45, 2.75) is 6.54 Å². The minimum atomic E-state index is 0.587. The topological polar surface area (TPSA) is 20.3 Å². The fourth-order valence-corrected chi connectivity index (χ4v) is 2.45. The van der Waals surface area contributed by atoms with Crippen molar-refractivity contribution in [2.24, 2.45) is 0 Å². The number of anilines is 1. The van der Waals surface area contributed by atoms with Crippen molar-refractivity contribution in [3.8, 4) is 0 Å². The molecule has 2 aromatic carbocycles. The molecule has 0 radical (unpaired) electrons. The summed E-state index contributed by atoms with van der Waals surface area (Å²) in [4.78, 5) is 12.7. The number of rotatable bonds is 4. The second-order valence-electron chi connectivity index (χ2n) is 4.31. The Kier molecular flexibility index (Phi) is 4.61. The van der Waals surface area contributed by atoms with E-state index in [1.807, 2.05) is 25.2 Å². The van der Waals surface area contributed by atoms with Gasteiger partial charge in [0, 0.05) is 23.6 Å². The molecule has 0 aliphatic rings.